The largest absolute Gasteiger partial charge is 0.416 e. The Balaban J connectivity index is 0.00000420. The number of nitrogens with one attached hydrogen (secondary N) is 3. The molecule has 2 rings (SSSR count). The highest BCUT2D eigenvalue weighted by Crippen LogP contribution is 2.29. The SMILES string of the molecule is CN=C(NCCc1ccc(NC(C)=O)cc1)NCc1cccc(C(F)(F)F)c1.I. The minimum Gasteiger partial charge on any atom is -0.356 e. The number of benzene rings is 2. The molecule has 0 aromatic heterocycles. The maximum Gasteiger partial charge on any atom is 0.416 e. The van der Waals surface area contributed by atoms with Gasteiger partial charge in [0.2, 0.25) is 5.91 Å². The minimum atomic E-state index is -4.36. The summed E-state index contributed by atoms with van der Waals surface area (Å²) in [5.74, 6) is 0.386. The van der Waals surface area contributed by atoms with Crippen LogP contribution < -0.4 is 16.0 Å². The van der Waals surface area contributed by atoms with Crippen molar-refractivity contribution in [2.75, 3.05) is 18.9 Å². The fraction of sp³-hybridized carbons (Fsp3) is 0.300. The molecule has 9 heteroatoms. The zero-order valence-corrected chi connectivity index (χ0v) is 18.5. The van der Waals surface area contributed by atoms with E-state index in [1.165, 1.54) is 13.0 Å². The van der Waals surface area contributed by atoms with Gasteiger partial charge in [0.05, 0.1) is 5.56 Å². The second kappa shape index (κ2) is 11.6. The van der Waals surface area contributed by atoms with E-state index in [0.717, 1.165) is 29.8 Å². The van der Waals surface area contributed by atoms with Crippen LogP contribution in [0.15, 0.2) is 53.5 Å². The van der Waals surface area contributed by atoms with Crippen molar-refractivity contribution in [3.05, 3.63) is 65.2 Å². The summed E-state index contributed by atoms with van der Waals surface area (Å²) in [7, 11) is 1.60. The van der Waals surface area contributed by atoms with Crippen LogP contribution in [0.25, 0.3) is 0 Å². The summed E-state index contributed by atoms with van der Waals surface area (Å²) in [6, 6.07) is 12.7. The van der Waals surface area contributed by atoms with Gasteiger partial charge in [-0.3, -0.25) is 9.79 Å². The Kier molecular flexibility index (Phi) is 9.93. The molecule has 0 bridgehead atoms. The summed E-state index contributed by atoms with van der Waals surface area (Å²) < 4.78 is 38.3. The van der Waals surface area contributed by atoms with E-state index >= 15 is 0 Å². The normalized spacial score (nSPS) is 11.4. The molecule has 0 fully saturated rings. The highest BCUT2D eigenvalue weighted by Gasteiger charge is 2.30. The molecular weight excluding hydrogens is 496 g/mol. The lowest BCUT2D eigenvalue weighted by Gasteiger charge is -2.13. The molecule has 158 valence electrons. The third-order valence-electron chi connectivity index (χ3n) is 3.92. The molecule has 0 unspecified atom stereocenters. The van der Waals surface area contributed by atoms with E-state index in [2.05, 4.69) is 20.9 Å². The van der Waals surface area contributed by atoms with Crippen LogP contribution in [0, 0.1) is 0 Å². The first-order valence-corrected chi connectivity index (χ1v) is 8.75. The number of carbonyl (C=O) groups excluding carboxylic acids is 1. The summed E-state index contributed by atoms with van der Waals surface area (Å²) in [6.45, 7) is 2.28. The highest BCUT2D eigenvalue weighted by molar-refractivity contribution is 14.0. The number of hydrogen-bond donors (Lipinski definition) is 3. The number of halogens is 4. The second-order valence-corrected chi connectivity index (χ2v) is 6.18. The van der Waals surface area contributed by atoms with E-state index in [1.807, 2.05) is 24.3 Å². The molecule has 5 nitrogen and oxygen atoms in total. The van der Waals surface area contributed by atoms with Gasteiger partial charge in [-0.2, -0.15) is 13.2 Å². The van der Waals surface area contributed by atoms with Crippen molar-refractivity contribution in [3.63, 3.8) is 0 Å². The number of rotatable bonds is 6. The van der Waals surface area contributed by atoms with Gasteiger partial charge < -0.3 is 16.0 Å². The summed E-state index contributed by atoms with van der Waals surface area (Å²) in [4.78, 5) is 15.1. The second-order valence-electron chi connectivity index (χ2n) is 6.18. The molecule has 2 aromatic rings. The van der Waals surface area contributed by atoms with Gasteiger partial charge >= 0.3 is 6.18 Å². The molecule has 0 heterocycles. The predicted molar refractivity (Wildman–Crippen MR) is 120 cm³/mol. The number of aliphatic imine (C=N–C) groups is 1. The van der Waals surface area contributed by atoms with Gasteiger partial charge in [0.25, 0.3) is 0 Å². The van der Waals surface area contributed by atoms with Crippen molar-refractivity contribution >= 4 is 41.5 Å². The van der Waals surface area contributed by atoms with Gasteiger partial charge in [-0.25, -0.2) is 0 Å². The van der Waals surface area contributed by atoms with Crippen molar-refractivity contribution in [2.45, 2.75) is 26.1 Å². The molecule has 1 amide bonds. The van der Waals surface area contributed by atoms with Gasteiger partial charge in [0.15, 0.2) is 5.96 Å². The van der Waals surface area contributed by atoms with E-state index in [9.17, 15) is 18.0 Å². The molecule has 0 saturated carbocycles. The fourth-order valence-electron chi connectivity index (χ4n) is 2.55. The number of anilines is 1. The molecule has 2 aromatic carbocycles. The Hall–Kier alpha value is -2.30. The Bertz CT molecular complexity index is 823. The van der Waals surface area contributed by atoms with Crippen LogP contribution in [0.4, 0.5) is 18.9 Å². The van der Waals surface area contributed by atoms with Crippen molar-refractivity contribution in [2.24, 2.45) is 4.99 Å². The Morgan fingerprint density at radius 3 is 2.31 bits per heavy atom. The smallest absolute Gasteiger partial charge is 0.356 e. The summed E-state index contributed by atoms with van der Waals surface area (Å²) in [6.07, 6.45) is -3.63. The van der Waals surface area contributed by atoms with Crippen LogP contribution in [0.2, 0.25) is 0 Å². The summed E-state index contributed by atoms with van der Waals surface area (Å²) in [5.41, 5.74) is 1.67. The van der Waals surface area contributed by atoms with Crippen molar-refractivity contribution in [1.82, 2.24) is 10.6 Å². The maximum absolute atomic E-state index is 12.8. The molecular formula is C20H24F3IN4O. The number of alkyl halides is 3. The molecule has 3 N–H and O–H groups in total. The average Bonchev–Trinajstić information content (AvgIpc) is 2.65. The lowest BCUT2D eigenvalue weighted by Crippen LogP contribution is -2.37. The first kappa shape index (κ1) is 24.7. The van der Waals surface area contributed by atoms with Crippen LogP contribution in [0.1, 0.15) is 23.6 Å². The Morgan fingerprint density at radius 1 is 1.03 bits per heavy atom. The molecule has 0 saturated heterocycles. The van der Waals surface area contributed by atoms with Crippen LogP contribution in [0.3, 0.4) is 0 Å². The topological polar surface area (TPSA) is 65.5 Å². The van der Waals surface area contributed by atoms with Crippen molar-refractivity contribution in [3.8, 4) is 0 Å². The molecule has 0 radical (unpaired) electrons. The number of guanidine groups is 1. The number of nitrogens with zero attached hydrogens (tertiary/aromatic N) is 1. The lowest BCUT2D eigenvalue weighted by molar-refractivity contribution is -0.137. The fourth-order valence-corrected chi connectivity index (χ4v) is 2.55. The molecule has 0 aliphatic rings. The predicted octanol–water partition coefficient (Wildman–Crippen LogP) is 4.19. The molecule has 0 spiro atoms. The monoisotopic (exact) mass is 520 g/mol. The number of hydrogen-bond acceptors (Lipinski definition) is 2. The van der Waals surface area contributed by atoms with E-state index < -0.39 is 11.7 Å². The van der Waals surface area contributed by atoms with E-state index in [1.54, 1.807) is 13.1 Å². The third-order valence-corrected chi connectivity index (χ3v) is 3.92. The zero-order chi connectivity index (χ0) is 20.6. The summed E-state index contributed by atoms with van der Waals surface area (Å²) >= 11 is 0. The van der Waals surface area contributed by atoms with Crippen LogP contribution in [0.5, 0.6) is 0 Å². The Labute approximate surface area is 185 Å². The van der Waals surface area contributed by atoms with E-state index in [0.29, 0.717) is 18.1 Å². The standard InChI is InChI=1S/C20H23F3N4O.HI/c1-14(28)27-18-8-6-15(7-9-18)10-11-25-19(24-2)26-13-16-4-3-5-17(12-16)20(21,22)23;/h3-9,12H,10-11,13H2,1-2H3,(H,27,28)(H2,24,25,26);1H. The lowest BCUT2D eigenvalue weighted by atomic mass is 10.1. The highest BCUT2D eigenvalue weighted by atomic mass is 127. The molecule has 0 aliphatic heterocycles. The van der Waals surface area contributed by atoms with E-state index in [4.69, 9.17) is 0 Å². The summed E-state index contributed by atoms with van der Waals surface area (Å²) in [5, 5.41) is 8.84. The van der Waals surface area contributed by atoms with Crippen LogP contribution >= 0.6 is 24.0 Å². The van der Waals surface area contributed by atoms with Gasteiger partial charge in [-0.05, 0) is 41.8 Å². The number of carbonyl (C=O) groups is 1. The third kappa shape index (κ3) is 8.71. The van der Waals surface area contributed by atoms with Crippen LogP contribution in [-0.2, 0) is 23.9 Å². The van der Waals surface area contributed by atoms with Crippen LogP contribution in [-0.4, -0.2) is 25.5 Å². The van der Waals surface area contributed by atoms with Gasteiger partial charge in [0.1, 0.15) is 0 Å². The maximum atomic E-state index is 12.8. The molecule has 29 heavy (non-hydrogen) atoms. The van der Waals surface area contributed by atoms with E-state index in [-0.39, 0.29) is 36.4 Å². The van der Waals surface area contributed by atoms with Gasteiger partial charge in [-0.15, -0.1) is 24.0 Å². The average molecular weight is 520 g/mol. The quantitative estimate of drug-likeness (QED) is 0.304. The molecule has 0 aliphatic carbocycles. The number of amides is 1. The first-order valence-electron chi connectivity index (χ1n) is 8.75. The zero-order valence-electron chi connectivity index (χ0n) is 16.1. The molecule has 0 atom stereocenters. The minimum absolute atomic E-state index is 0. The van der Waals surface area contributed by atoms with Crippen molar-refractivity contribution in [1.29, 1.82) is 0 Å². The van der Waals surface area contributed by atoms with Crippen molar-refractivity contribution < 1.29 is 18.0 Å². The first-order chi connectivity index (χ1) is 13.3. The van der Waals surface area contributed by atoms with Gasteiger partial charge in [-0.1, -0.05) is 24.3 Å². The Morgan fingerprint density at radius 2 is 1.72 bits per heavy atom. The van der Waals surface area contributed by atoms with Gasteiger partial charge in [0, 0.05) is 32.7 Å².